The maximum atomic E-state index is 14.1. The van der Waals surface area contributed by atoms with Gasteiger partial charge in [0.2, 0.25) is 0 Å². The predicted molar refractivity (Wildman–Crippen MR) is 607 cm³/mol. The Hall–Kier alpha value is -7.95. The highest BCUT2D eigenvalue weighted by Gasteiger charge is 2.30. The van der Waals surface area contributed by atoms with E-state index in [1.807, 2.05) is 60.4 Å². The van der Waals surface area contributed by atoms with Crippen LogP contribution in [0, 0.1) is 18.6 Å². The number of carbonyl (C=O) groups excluding carboxylic acids is 1. The number of carbonyl (C=O) groups is 1. The lowest BCUT2D eigenvalue weighted by Gasteiger charge is -2.36. The van der Waals surface area contributed by atoms with Crippen molar-refractivity contribution < 1.29 is 13.6 Å². The van der Waals surface area contributed by atoms with Gasteiger partial charge in [0.1, 0.15) is 17.3 Å². The molecule has 0 saturated carbocycles. The first-order chi connectivity index (χ1) is 68.2. The summed E-state index contributed by atoms with van der Waals surface area (Å²) >= 11 is 0. The highest BCUT2D eigenvalue weighted by atomic mass is 19.1. The van der Waals surface area contributed by atoms with Crippen LogP contribution >= 0.6 is 0 Å². The van der Waals surface area contributed by atoms with Gasteiger partial charge in [-0.3, -0.25) is 83.9 Å². The second-order valence-electron chi connectivity index (χ2n) is 51.4. The summed E-state index contributed by atoms with van der Waals surface area (Å²) in [5, 5.41) is 0. The first-order valence-corrected chi connectivity index (χ1v) is 55.1. The van der Waals surface area contributed by atoms with Crippen molar-refractivity contribution in [1.82, 2.24) is 104 Å². The van der Waals surface area contributed by atoms with Gasteiger partial charge in [-0.25, -0.2) is 8.78 Å². The number of piperazine rings is 5. The number of amides is 1. The van der Waals surface area contributed by atoms with Crippen molar-refractivity contribution in [2.45, 2.75) is 341 Å². The van der Waals surface area contributed by atoms with Gasteiger partial charge in [-0.1, -0.05) is 215 Å². The molecular weight excluding hydrogens is 1810 g/mol. The molecule has 0 aliphatic carbocycles. The minimum Gasteiger partial charge on any atom is -0.335 e. The van der Waals surface area contributed by atoms with Gasteiger partial charge in [0, 0.05) is 238 Å². The smallest absolute Gasteiger partial charge is 0.272 e. The van der Waals surface area contributed by atoms with Crippen LogP contribution in [0.2, 0.25) is 0 Å². The van der Waals surface area contributed by atoms with E-state index in [1.165, 1.54) is 147 Å². The Morgan fingerprint density at radius 2 is 0.534 bits per heavy atom. The Balaban J connectivity index is 0.000000204. The maximum absolute atomic E-state index is 14.1. The Bertz CT molecular complexity index is 4890. The van der Waals surface area contributed by atoms with Gasteiger partial charge in [0.05, 0.1) is 39.9 Å². The molecule has 22 nitrogen and oxygen atoms in total. The van der Waals surface area contributed by atoms with Crippen LogP contribution in [-0.4, -0.2) is 314 Å². The van der Waals surface area contributed by atoms with Crippen molar-refractivity contribution in [1.29, 1.82) is 0 Å². The monoisotopic (exact) mass is 2010 g/mol. The van der Waals surface area contributed by atoms with E-state index in [0.717, 1.165) is 160 Å². The van der Waals surface area contributed by atoms with Gasteiger partial charge in [0.15, 0.2) is 0 Å². The Labute approximate surface area is 886 Å². The second-order valence-corrected chi connectivity index (χ2v) is 51.4. The summed E-state index contributed by atoms with van der Waals surface area (Å²) in [6, 6.07) is 28.3. The van der Waals surface area contributed by atoms with Crippen LogP contribution in [0.4, 0.5) is 8.78 Å². The molecule has 0 N–H and O–H groups in total. The zero-order valence-electron chi connectivity index (χ0n) is 98.0. The average Bonchev–Trinajstić information content (AvgIpc) is 0.839. The molecule has 1 amide bonds. The molecule has 0 spiro atoms. The van der Waals surface area contributed by atoms with E-state index in [9.17, 15) is 13.6 Å². The molecule has 24 heteroatoms. The van der Waals surface area contributed by atoms with E-state index >= 15 is 0 Å². The summed E-state index contributed by atoms with van der Waals surface area (Å²) in [6.07, 6.45) is 23.5. The molecule has 8 aromatic rings. The minimum absolute atomic E-state index is 0.0442. The molecule has 8 aromatic heterocycles. The average molecular weight is 2010 g/mol. The molecule has 146 heavy (non-hydrogen) atoms. The quantitative estimate of drug-likeness (QED) is 0.0845. The van der Waals surface area contributed by atoms with E-state index in [2.05, 4.69) is 391 Å². The van der Waals surface area contributed by atoms with Crippen molar-refractivity contribution in [3.8, 4) is 0 Å². The van der Waals surface area contributed by atoms with Crippen molar-refractivity contribution >= 4 is 5.91 Å². The summed E-state index contributed by atoms with van der Waals surface area (Å²) in [7, 11) is 10.5. The van der Waals surface area contributed by atoms with E-state index < -0.39 is 0 Å². The van der Waals surface area contributed by atoms with Crippen molar-refractivity contribution in [3.05, 3.63) is 236 Å². The lowest BCUT2D eigenvalue weighted by molar-refractivity contribution is 0.0658. The van der Waals surface area contributed by atoms with E-state index in [1.54, 1.807) is 12.1 Å². The zero-order valence-corrected chi connectivity index (χ0v) is 98.0. The first kappa shape index (κ1) is 123. The maximum Gasteiger partial charge on any atom is 0.272 e. The van der Waals surface area contributed by atoms with Crippen LogP contribution in [0.5, 0.6) is 0 Å². The summed E-state index contributed by atoms with van der Waals surface area (Å²) < 4.78 is 28.2. The number of rotatable bonds is 17. The van der Waals surface area contributed by atoms with Gasteiger partial charge >= 0.3 is 0 Å². The number of likely N-dealkylation sites (N-methyl/N-ethyl adjacent to an activating group) is 3. The molecule has 0 bridgehead atoms. The van der Waals surface area contributed by atoms with Gasteiger partial charge < -0.3 is 24.5 Å². The number of nitrogens with zero attached hydrogens (tertiary/aromatic N) is 21. The number of piperidine rings is 2. The van der Waals surface area contributed by atoms with Crippen molar-refractivity contribution in [2.24, 2.45) is 0 Å². The molecule has 7 aliphatic heterocycles. The molecule has 812 valence electrons. The molecule has 0 radical (unpaired) electrons. The van der Waals surface area contributed by atoms with E-state index in [4.69, 9.17) is 4.98 Å². The molecule has 0 unspecified atom stereocenters. The second kappa shape index (κ2) is 57.0. The minimum atomic E-state index is -0.175. The Morgan fingerprint density at radius 3 is 0.801 bits per heavy atom. The largest absolute Gasteiger partial charge is 0.335 e. The predicted octanol–water partition coefficient (Wildman–Crippen LogP) is 21.6. The fourth-order valence-corrected chi connectivity index (χ4v) is 17.9. The third kappa shape index (κ3) is 43.4. The van der Waals surface area contributed by atoms with Crippen LogP contribution in [0.15, 0.2) is 128 Å². The highest BCUT2D eigenvalue weighted by molar-refractivity contribution is 5.92. The molecule has 15 rings (SSSR count). The van der Waals surface area contributed by atoms with Crippen LogP contribution in [0.3, 0.4) is 0 Å². The number of likely N-dealkylation sites (tertiary alicyclic amines) is 2. The van der Waals surface area contributed by atoms with Crippen molar-refractivity contribution in [2.75, 3.05) is 192 Å². The molecule has 0 aromatic carbocycles. The zero-order chi connectivity index (χ0) is 108. The topological polar surface area (TPSA) is 162 Å². The number of aromatic nitrogens is 8. The van der Waals surface area contributed by atoms with Crippen LogP contribution in [0.25, 0.3) is 0 Å². The molecule has 7 fully saturated rings. The summed E-state index contributed by atoms with van der Waals surface area (Å²) in [6.45, 7) is 95.8. The van der Waals surface area contributed by atoms with Crippen LogP contribution < -0.4 is 0 Å². The number of hydrogen-bond acceptors (Lipinski definition) is 21. The highest BCUT2D eigenvalue weighted by Crippen LogP contribution is 2.32. The molecule has 15 heterocycles. The SMILES string of the molecule is CC(C)(C)c1ccc(CN2CCCCC2)nc1.CC(C)(C)c1cnc(CN2CCCCC2)c(F)c1.CC(C)N1CCN(Cc2ccc(C(C)(C)C)cn2)CC1.CC(C)N1CCN(Cc2ccc(C(C)(C)C)cn2)CC1.CN(C)Cc1ccc(C(C)(C)C)cn1.CN1CCN(C(=O)c2ccc(C(C)(C)C)cn2)CC1.CN1CCN(Cc2ncc(C(C)(C)C)cc2F)CC1.Cc1cc(C(C)(C)C)cnc1CN1CCN(C)CC1. The third-order valence-electron chi connectivity index (χ3n) is 29.1. The van der Waals surface area contributed by atoms with Gasteiger partial charge in [0.25, 0.3) is 5.91 Å². The number of pyridine rings is 8. The van der Waals surface area contributed by atoms with Gasteiger partial charge in [-0.15, -0.1) is 0 Å². The summed E-state index contributed by atoms with van der Waals surface area (Å²) in [4.78, 5) is 79.0. The fourth-order valence-electron chi connectivity index (χ4n) is 17.9. The number of halogens is 2. The fraction of sp³-hybridized carbons (Fsp3) is 0.664. The van der Waals surface area contributed by atoms with E-state index in [-0.39, 0.29) is 60.9 Å². The van der Waals surface area contributed by atoms with Gasteiger partial charge in [-0.2, -0.15) is 0 Å². The van der Waals surface area contributed by atoms with Crippen LogP contribution in [0.1, 0.15) is 333 Å². The standard InChI is InChI=1S/2C17H29N3.C16H27N3.C15H24FN3.C15H23FN2.C15H23N3O.C15H24N2.C12H20N2/c2*1-14(2)20-10-8-19(9-11-20)13-16-7-6-15(12-18-16)17(3,4)5;1-13-10-14(16(2,3)4)11-17-15(13)12-19-8-6-18(5)7-9-19;1-15(2,3)12-9-13(16)14(17-10-12)11-19-7-5-18(4)6-8-19;1-15(2,3)12-9-13(16)14(17-10-12)11-18-7-5-4-6-8-18;1-15(2,3)12-5-6-13(16-11-12)14(19)18-9-7-17(4)8-10-18;1-15(2,3)13-7-8-14(16-11-13)12-17-9-5-4-6-10-17;1-12(2,3)10-6-7-11(13-8-10)9-14(4)5/h2*6-7,12,14H,8-11,13H2,1-5H3;10-11H,6-9,12H2,1-5H3;9-10H,5-8,11H2,1-4H3;9-10H,4-8,11H2,1-3H3;5-6,11H,7-10H2,1-4H3;7-8,11H,4-6,9-10,12H2,1-3H3;6-8H,9H2,1-5H3. The Morgan fingerprint density at radius 1 is 0.288 bits per heavy atom. The molecule has 7 aliphatic rings. The Kier molecular flexibility index (Phi) is 48.1. The lowest BCUT2D eigenvalue weighted by atomic mass is 9.87. The summed E-state index contributed by atoms with van der Waals surface area (Å²) in [5.41, 5.74) is 19.5. The summed E-state index contributed by atoms with van der Waals surface area (Å²) in [5.74, 6) is -0.284. The normalized spacial score (nSPS) is 17.8. The molecule has 0 atom stereocenters. The van der Waals surface area contributed by atoms with E-state index in [0.29, 0.717) is 42.3 Å². The first-order valence-electron chi connectivity index (χ1n) is 55.1. The van der Waals surface area contributed by atoms with Crippen molar-refractivity contribution in [3.63, 3.8) is 0 Å². The lowest BCUT2D eigenvalue weighted by Crippen LogP contribution is -2.48. The number of hydrogen-bond donors (Lipinski definition) is 0. The molecule has 7 saturated heterocycles. The van der Waals surface area contributed by atoms with Gasteiger partial charge in [-0.05, 0) is 258 Å². The third-order valence-corrected chi connectivity index (χ3v) is 29.1. The van der Waals surface area contributed by atoms with Crippen LogP contribution in [-0.2, 0) is 89.1 Å². The molecular formula is C122H199F2N21O. The number of aryl methyl sites for hydroxylation is 1.